The molecule has 0 radical (unpaired) electrons. The molecule has 1 aromatic rings. The Labute approximate surface area is 117 Å². The van der Waals surface area contributed by atoms with Crippen LogP contribution in [0.3, 0.4) is 0 Å². The van der Waals surface area contributed by atoms with E-state index >= 15 is 0 Å². The van der Waals surface area contributed by atoms with E-state index in [1.54, 1.807) is 13.8 Å². The van der Waals surface area contributed by atoms with Crippen LogP contribution in [0.4, 0.5) is 0 Å². The van der Waals surface area contributed by atoms with Crippen LogP contribution in [0.15, 0.2) is 17.3 Å². The third-order valence-corrected chi connectivity index (χ3v) is 4.27. The summed E-state index contributed by atoms with van der Waals surface area (Å²) in [5.74, 6) is -0.980. The summed E-state index contributed by atoms with van der Waals surface area (Å²) in [6.45, 7) is 3.30. The molecule has 1 aromatic heterocycles. The molecule has 0 spiro atoms. The van der Waals surface area contributed by atoms with Crippen molar-refractivity contribution in [1.82, 2.24) is 14.5 Å². The number of aliphatic carboxylic acids is 1. The van der Waals surface area contributed by atoms with Gasteiger partial charge in [-0.1, -0.05) is 0 Å². The number of nitrogens with one attached hydrogen (secondary N) is 1. The van der Waals surface area contributed by atoms with Crippen LogP contribution in [0.25, 0.3) is 0 Å². The summed E-state index contributed by atoms with van der Waals surface area (Å²) in [6.07, 6.45) is 2.59. The molecular formula is C11H19N3O5S. The Kier molecular flexibility index (Phi) is 5.26. The first-order valence-electron chi connectivity index (χ1n) is 6.05. The summed E-state index contributed by atoms with van der Waals surface area (Å²) in [7, 11) is -3.75. The normalized spacial score (nSPS) is 12.6. The topological polar surface area (TPSA) is 122 Å². The molecule has 114 valence electrons. The van der Waals surface area contributed by atoms with Crippen molar-refractivity contribution in [2.24, 2.45) is 0 Å². The standard InChI is InChI=1S/C11H19N3O5S/c1-11(2,4-6-15)13-20(18,19)9-7-12-14(8-9)5-3-10(16)17/h7-8,13,15H,3-6H2,1-2H3,(H,16,17). The van der Waals surface area contributed by atoms with Gasteiger partial charge >= 0.3 is 5.97 Å². The van der Waals surface area contributed by atoms with Crippen molar-refractivity contribution in [1.29, 1.82) is 0 Å². The minimum absolute atomic E-state index is 0.0334. The predicted molar refractivity (Wildman–Crippen MR) is 70.6 cm³/mol. The minimum Gasteiger partial charge on any atom is -0.481 e. The largest absolute Gasteiger partial charge is 0.481 e. The Morgan fingerprint density at radius 3 is 2.70 bits per heavy atom. The Hall–Kier alpha value is -1.45. The second kappa shape index (κ2) is 6.33. The van der Waals surface area contributed by atoms with Gasteiger partial charge in [0, 0.05) is 18.3 Å². The van der Waals surface area contributed by atoms with Gasteiger partial charge in [-0.25, -0.2) is 13.1 Å². The minimum atomic E-state index is -3.75. The molecule has 0 fully saturated rings. The van der Waals surface area contributed by atoms with E-state index in [0.29, 0.717) is 0 Å². The summed E-state index contributed by atoms with van der Waals surface area (Å²) in [4.78, 5) is 10.4. The Morgan fingerprint density at radius 2 is 2.15 bits per heavy atom. The zero-order valence-electron chi connectivity index (χ0n) is 11.4. The second-order valence-electron chi connectivity index (χ2n) is 5.05. The Balaban J connectivity index is 2.80. The van der Waals surface area contributed by atoms with Crippen LogP contribution in [0.1, 0.15) is 26.7 Å². The maximum Gasteiger partial charge on any atom is 0.305 e. The van der Waals surface area contributed by atoms with Gasteiger partial charge in [-0.05, 0) is 20.3 Å². The number of hydrogen-bond donors (Lipinski definition) is 3. The molecule has 0 aliphatic rings. The third-order valence-electron chi connectivity index (χ3n) is 2.62. The summed E-state index contributed by atoms with van der Waals surface area (Å²) in [5, 5.41) is 21.3. The number of sulfonamides is 1. The lowest BCUT2D eigenvalue weighted by Gasteiger charge is -2.24. The van der Waals surface area contributed by atoms with Crippen molar-refractivity contribution in [3.05, 3.63) is 12.4 Å². The molecule has 8 nitrogen and oxygen atoms in total. The van der Waals surface area contributed by atoms with Crippen LogP contribution in [0, 0.1) is 0 Å². The highest BCUT2D eigenvalue weighted by Crippen LogP contribution is 2.15. The van der Waals surface area contributed by atoms with E-state index in [0.717, 1.165) is 0 Å². The van der Waals surface area contributed by atoms with Crippen LogP contribution in [-0.2, 0) is 21.4 Å². The average molecular weight is 305 g/mol. The molecule has 0 amide bonds. The van der Waals surface area contributed by atoms with Crippen molar-refractivity contribution in [2.75, 3.05) is 6.61 Å². The van der Waals surface area contributed by atoms with E-state index in [9.17, 15) is 13.2 Å². The van der Waals surface area contributed by atoms with Gasteiger partial charge in [0.2, 0.25) is 10.0 Å². The van der Waals surface area contributed by atoms with E-state index in [1.165, 1.54) is 17.1 Å². The molecule has 0 aliphatic carbocycles. The van der Waals surface area contributed by atoms with Crippen molar-refractivity contribution in [3.8, 4) is 0 Å². The van der Waals surface area contributed by atoms with E-state index in [1.807, 2.05) is 0 Å². The molecule has 0 aliphatic heterocycles. The van der Waals surface area contributed by atoms with Gasteiger partial charge in [-0.2, -0.15) is 5.10 Å². The van der Waals surface area contributed by atoms with Gasteiger partial charge in [0.15, 0.2) is 0 Å². The van der Waals surface area contributed by atoms with E-state index < -0.39 is 21.5 Å². The number of carboxylic acid groups (broad SMARTS) is 1. The Bertz CT molecular complexity index is 564. The highest BCUT2D eigenvalue weighted by Gasteiger charge is 2.26. The maximum absolute atomic E-state index is 12.1. The summed E-state index contributed by atoms with van der Waals surface area (Å²) < 4.78 is 28.0. The van der Waals surface area contributed by atoms with Gasteiger partial charge in [-0.15, -0.1) is 0 Å². The van der Waals surface area contributed by atoms with Gasteiger partial charge in [0.05, 0.1) is 19.2 Å². The van der Waals surface area contributed by atoms with E-state index in [-0.39, 0.29) is 30.9 Å². The number of aliphatic hydroxyl groups is 1. The SMILES string of the molecule is CC(C)(CCO)NS(=O)(=O)c1cnn(CCC(=O)O)c1. The molecule has 0 bridgehead atoms. The number of carboxylic acids is 1. The molecule has 0 saturated carbocycles. The number of aromatic nitrogens is 2. The first-order chi connectivity index (χ1) is 9.16. The molecule has 3 N–H and O–H groups in total. The number of carbonyl (C=O) groups is 1. The fourth-order valence-corrected chi connectivity index (χ4v) is 2.96. The highest BCUT2D eigenvalue weighted by molar-refractivity contribution is 7.89. The average Bonchev–Trinajstić information content (AvgIpc) is 2.73. The monoisotopic (exact) mass is 305 g/mol. The molecule has 1 rings (SSSR count). The van der Waals surface area contributed by atoms with E-state index in [4.69, 9.17) is 10.2 Å². The number of nitrogens with zero attached hydrogens (tertiary/aromatic N) is 2. The number of rotatable bonds is 8. The predicted octanol–water partition coefficient (Wildman–Crippen LogP) is -0.203. The molecule has 0 atom stereocenters. The van der Waals surface area contributed by atoms with Crippen LogP contribution in [-0.4, -0.2) is 46.5 Å². The molecule has 1 heterocycles. The summed E-state index contributed by atoms with van der Waals surface area (Å²) >= 11 is 0. The molecule has 0 saturated heterocycles. The lowest BCUT2D eigenvalue weighted by Crippen LogP contribution is -2.43. The first kappa shape index (κ1) is 16.6. The van der Waals surface area contributed by atoms with Crippen molar-refractivity contribution >= 4 is 16.0 Å². The highest BCUT2D eigenvalue weighted by atomic mass is 32.2. The smallest absolute Gasteiger partial charge is 0.305 e. The molecule has 0 aromatic carbocycles. The van der Waals surface area contributed by atoms with Crippen LogP contribution >= 0.6 is 0 Å². The number of aliphatic hydroxyl groups excluding tert-OH is 1. The van der Waals surface area contributed by atoms with Crippen molar-refractivity contribution in [3.63, 3.8) is 0 Å². The third kappa shape index (κ3) is 4.91. The van der Waals surface area contributed by atoms with Gasteiger partial charge < -0.3 is 10.2 Å². The lowest BCUT2D eigenvalue weighted by atomic mass is 10.0. The zero-order valence-corrected chi connectivity index (χ0v) is 12.2. The molecular weight excluding hydrogens is 286 g/mol. The fraction of sp³-hybridized carbons (Fsp3) is 0.636. The zero-order chi connectivity index (χ0) is 15.4. The molecule has 0 unspecified atom stereocenters. The summed E-state index contributed by atoms with van der Waals surface area (Å²) in [6, 6.07) is 0. The number of hydrogen-bond acceptors (Lipinski definition) is 5. The van der Waals surface area contributed by atoms with Gasteiger partial charge in [-0.3, -0.25) is 9.48 Å². The molecule has 20 heavy (non-hydrogen) atoms. The quantitative estimate of drug-likeness (QED) is 0.611. The maximum atomic E-state index is 12.1. The Morgan fingerprint density at radius 1 is 1.50 bits per heavy atom. The van der Waals surface area contributed by atoms with E-state index in [2.05, 4.69) is 9.82 Å². The van der Waals surface area contributed by atoms with Crippen LogP contribution in [0.2, 0.25) is 0 Å². The summed E-state index contributed by atoms with van der Waals surface area (Å²) in [5.41, 5.74) is -0.781. The number of aryl methyl sites for hydroxylation is 1. The van der Waals surface area contributed by atoms with Gasteiger partial charge in [0.25, 0.3) is 0 Å². The van der Waals surface area contributed by atoms with Crippen LogP contribution < -0.4 is 4.72 Å². The van der Waals surface area contributed by atoms with Crippen molar-refractivity contribution in [2.45, 2.75) is 43.7 Å². The second-order valence-corrected chi connectivity index (χ2v) is 6.73. The van der Waals surface area contributed by atoms with Crippen molar-refractivity contribution < 1.29 is 23.4 Å². The van der Waals surface area contributed by atoms with Crippen LogP contribution in [0.5, 0.6) is 0 Å². The molecule has 9 heteroatoms. The lowest BCUT2D eigenvalue weighted by molar-refractivity contribution is -0.137. The fourth-order valence-electron chi connectivity index (χ4n) is 1.57. The first-order valence-corrected chi connectivity index (χ1v) is 7.54. The van der Waals surface area contributed by atoms with Gasteiger partial charge in [0.1, 0.15) is 4.90 Å².